The van der Waals surface area contributed by atoms with Crippen LogP contribution in [-0.4, -0.2) is 47.1 Å². The maximum absolute atomic E-state index is 14.7. The van der Waals surface area contributed by atoms with Gasteiger partial charge in [0.25, 0.3) is 5.91 Å². The number of hydrogen-bond donors (Lipinski definition) is 3. The number of carboxylic acid groups (broad SMARTS) is 2. The van der Waals surface area contributed by atoms with Gasteiger partial charge in [-0.3, -0.25) is 9.59 Å². The molecule has 3 aromatic rings. The fourth-order valence-corrected chi connectivity index (χ4v) is 4.01. The van der Waals surface area contributed by atoms with Crippen LogP contribution in [0.15, 0.2) is 66.7 Å². The summed E-state index contributed by atoms with van der Waals surface area (Å²) in [5, 5.41) is 21.2. The number of rotatable bonds is 8. The van der Waals surface area contributed by atoms with E-state index in [2.05, 4.69) is 5.32 Å². The number of nitrogens with one attached hydrogen (secondary N) is 1. The highest BCUT2D eigenvalue weighted by molar-refractivity contribution is 6.07. The van der Waals surface area contributed by atoms with Crippen LogP contribution in [0.25, 0.3) is 0 Å². The van der Waals surface area contributed by atoms with Crippen molar-refractivity contribution in [3.8, 4) is 0 Å². The number of carbonyl (C=O) groups excluding carboxylic acids is 2. The highest BCUT2D eigenvalue weighted by Gasteiger charge is 2.54. The lowest BCUT2D eigenvalue weighted by Crippen LogP contribution is -2.41. The molecule has 0 spiro atoms. The Kier molecular flexibility index (Phi) is 7.52. The van der Waals surface area contributed by atoms with Crippen molar-refractivity contribution in [1.82, 2.24) is 5.32 Å². The third kappa shape index (κ3) is 5.23. The Morgan fingerprint density at radius 1 is 0.757 bits per heavy atom. The van der Waals surface area contributed by atoms with E-state index in [1.165, 1.54) is 7.05 Å². The van der Waals surface area contributed by atoms with Gasteiger partial charge in [-0.1, -0.05) is 42.5 Å². The molecule has 1 atom stereocenters. The second-order valence-electron chi connectivity index (χ2n) is 8.42. The Morgan fingerprint density at radius 2 is 1.24 bits per heavy atom. The Bertz CT molecular complexity index is 1380. The molecule has 37 heavy (non-hydrogen) atoms. The third-order valence-electron chi connectivity index (χ3n) is 6.20. The zero-order valence-corrected chi connectivity index (χ0v) is 19.7. The van der Waals surface area contributed by atoms with Crippen LogP contribution in [0.1, 0.15) is 65.0 Å². The number of hydrogen-bond acceptors (Lipinski definition) is 4. The summed E-state index contributed by atoms with van der Waals surface area (Å²) in [6, 6.07) is 13.8. The number of alkyl halides is 3. The van der Waals surface area contributed by atoms with Crippen LogP contribution in [0.4, 0.5) is 13.2 Å². The predicted octanol–water partition coefficient (Wildman–Crippen LogP) is 4.74. The minimum atomic E-state index is -4.98. The van der Waals surface area contributed by atoms with Crippen molar-refractivity contribution < 1.29 is 42.6 Å². The SMILES string of the molecule is CNC(=O)c1cc(C(C)(c2ccc(C(=O)O)c(C(=O)Cc3ccccc3)c2)C(F)(F)F)ccc1C(=O)O. The van der Waals surface area contributed by atoms with Gasteiger partial charge in [0, 0.05) is 19.0 Å². The highest BCUT2D eigenvalue weighted by Crippen LogP contribution is 2.47. The summed E-state index contributed by atoms with van der Waals surface area (Å²) in [5.74, 6) is -4.58. The fourth-order valence-electron chi connectivity index (χ4n) is 4.01. The average molecular weight is 513 g/mol. The van der Waals surface area contributed by atoms with Crippen molar-refractivity contribution in [2.24, 2.45) is 0 Å². The Morgan fingerprint density at radius 3 is 1.70 bits per heavy atom. The standard InChI is InChI=1S/C27H22F3NO6/c1-26(27(28,29)30,17-9-11-19(25(36)37)21(14-17)23(33)31-2)16-8-10-18(24(34)35)20(13-16)22(32)12-15-6-4-3-5-7-15/h3-11,13-14H,12H2,1-2H3,(H,31,33)(H,34,35)(H,36,37). The number of carboxylic acids is 2. The van der Waals surface area contributed by atoms with E-state index in [-0.39, 0.29) is 6.42 Å². The second kappa shape index (κ2) is 10.3. The van der Waals surface area contributed by atoms with Gasteiger partial charge < -0.3 is 15.5 Å². The smallest absolute Gasteiger partial charge is 0.402 e. The van der Waals surface area contributed by atoms with Crippen LogP contribution >= 0.6 is 0 Å². The molecule has 0 saturated carbocycles. The van der Waals surface area contributed by atoms with Crippen molar-refractivity contribution >= 4 is 23.6 Å². The lowest BCUT2D eigenvalue weighted by molar-refractivity contribution is -0.173. The first-order valence-electron chi connectivity index (χ1n) is 10.9. The number of amides is 1. The van der Waals surface area contributed by atoms with E-state index in [0.717, 1.165) is 43.3 Å². The summed E-state index contributed by atoms with van der Waals surface area (Å²) in [6.07, 6.45) is -5.22. The molecule has 3 N–H and O–H groups in total. The molecule has 0 bridgehead atoms. The number of carbonyl (C=O) groups is 4. The lowest BCUT2D eigenvalue weighted by atomic mass is 9.73. The zero-order chi connectivity index (χ0) is 27.5. The topological polar surface area (TPSA) is 121 Å². The zero-order valence-electron chi connectivity index (χ0n) is 19.7. The average Bonchev–Trinajstić information content (AvgIpc) is 2.86. The van der Waals surface area contributed by atoms with E-state index >= 15 is 0 Å². The summed E-state index contributed by atoms with van der Waals surface area (Å²) in [5.41, 5.74) is -5.03. The third-order valence-corrected chi connectivity index (χ3v) is 6.20. The molecule has 1 unspecified atom stereocenters. The van der Waals surface area contributed by atoms with Crippen LogP contribution in [-0.2, 0) is 11.8 Å². The van der Waals surface area contributed by atoms with Gasteiger partial charge in [0.05, 0.1) is 16.7 Å². The monoisotopic (exact) mass is 513 g/mol. The molecular weight excluding hydrogens is 491 g/mol. The summed E-state index contributed by atoms with van der Waals surface area (Å²) >= 11 is 0. The van der Waals surface area contributed by atoms with Gasteiger partial charge in [-0.15, -0.1) is 0 Å². The summed E-state index contributed by atoms with van der Waals surface area (Å²) in [7, 11) is 1.21. The molecule has 1 amide bonds. The molecule has 0 aliphatic rings. The molecule has 0 heterocycles. The lowest BCUT2D eigenvalue weighted by Gasteiger charge is -2.34. The molecule has 0 aliphatic carbocycles. The molecule has 0 radical (unpaired) electrons. The molecule has 3 aromatic carbocycles. The van der Waals surface area contributed by atoms with E-state index in [4.69, 9.17) is 0 Å². The molecule has 0 aliphatic heterocycles. The van der Waals surface area contributed by atoms with Crippen molar-refractivity contribution in [1.29, 1.82) is 0 Å². The van der Waals surface area contributed by atoms with Gasteiger partial charge >= 0.3 is 18.1 Å². The normalized spacial score (nSPS) is 12.9. The minimum absolute atomic E-state index is 0.235. The molecule has 3 rings (SSSR count). The molecule has 10 heteroatoms. The van der Waals surface area contributed by atoms with E-state index < -0.39 is 68.6 Å². The fraction of sp³-hybridized carbons (Fsp3) is 0.185. The minimum Gasteiger partial charge on any atom is -0.478 e. The molecular formula is C27H22F3NO6. The van der Waals surface area contributed by atoms with Crippen LogP contribution in [0, 0.1) is 0 Å². The molecule has 0 fully saturated rings. The highest BCUT2D eigenvalue weighted by atomic mass is 19.4. The summed E-state index contributed by atoms with van der Waals surface area (Å²) in [6.45, 7) is 0.817. The van der Waals surface area contributed by atoms with E-state index in [1.807, 2.05) is 0 Å². The van der Waals surface area contributed by atoms with Gasteiger partial charge in [-0.05, 0) is 47.9 Å². The number of aromatic carboxylic acids is 2. The van der Waals surface area contributed by atoms with E-state index in [1.54, 1.807) is 30.3 Å². The van der Waals surface area contributed by atoms with Crippen molar-refractivity contribution in [2.45, 2.75) is 24.9 Å². The van der Waals surface area contributed by atoms with Gasteiger partial charge in [0.2, 0.25) is 0 Å². The summed E-state index contributed by atoms with van der Waals surface area (Å²) in [4.78, 5) is 48.7. The van der Waals surface area contributed by atoms with Crippen LogP contribution in [0.2, 0.25) is 0 Å². The van der Waals surface area contributed by atoms with E-state index in [0.29, 0.717) is 5.56 Å². The largest absolute Gasteiger partial charge is 0.478 e. The molecule has 192 valence electrons. The number of halogens is 3. The summed E-state index contributed by atoms with van der Waals surface area (Å²) < 4.78 is 44.0. The van der Waals surface area contributed by atoms with E-state index in [9.17, 15) is 42.6 Å². The first-order chi connectivity index (χ1) is 17.3. The van der Waals surface area contributed by atoms with Crippen LogP contribution < -0.4 is 5.32 Å². The maximum atomic E-state index is 14.7. The van der Waals surface area contributed by atoms with Crippen molar-refractivity contribution in [3.63, 3.8) is 0 Å². The van der Waals surface area contributed by atoms with Gasteiger partial charge in [0.15, 0.2) is 5.78 Å². The van der Waals surface area contributed by atoms with Crippen LogP contribution in [0.3, 0.4) is 0 Å². The second-order valence-corrected chi connectivity index (χ2v) is 8.42. The first-order valence-corrected chi connectivity index (χ1v) is 10.9. The first kappa shape index (κ1) is 27.1. The maximum Gasteiger partial charge on any atom is 0.402 e. The predicted molar refractivity (Wildman–Crippen MR) is 127 cm³/mol. The molecule has 0 aromatic heterocycles. The Labute approximate surface area is 209 Å². The number of benzene rings is 3. The number of Topliss-reactive ketones (excluding diaryl/α,β-unsaturated/α-hetero) is 1. The van der Waals surface area contributed by atoms with Gasteiger partial charge in [0.1, 0.15) is 5.41 Å². The molecule has 7 nitrogen and oxygen atoms in total. The van der Waals surface area contributed by atoms with Crippen molar-refractivity contribution in [2.75, 3.05) is 7.05 Å². The number of ketones is 1. The van der Waals surface area contributed by atoms with Crippen molar-refractivity contribution in [3.05, 3.63) is 106 Å². The molecule has 0 saturated heterocycles. The Hall–Kier alpha value is -4.47. The Balaban J connectivity index is 2.24. The van der Waals surface area contributed by atoms with Gasteiger partial charge in [-0.25, -0.2) is 9.59 Å². The van der Waals surface area contributed by atoms with Gasteiger partial charge in [-0.2, -0.15) is 13.2 Å². The quantitative estimate of drug-likeness (QED) is 0.375. The van der Waals surface area contributed by atoms with Crippen LogP contribution in [0.5, 0.6) is 0 Å².